The van der Waals surface area contributed by atoms with E-state index in [2.05, 4.69) is 22.3 Å². The van der Waals surface area contributed by atoms with Crippen LogP contribution in [0.2, 0.25) is 0 Å². The largest absolute Gasteiger partial charge is 0.356 e. The molecule has 104 valence electrons. The summed E-state index contributed by atoms with van der Waals surface area (Å²) < 4.78 is 10.4. The monoisotopic (exact) mass is 273 g/mol. The molecule has 1 aromatic heterocycles. The van der Waals surface area contributed by atoms with E-state index in [0.717, 1.165) is 23.7 Å². The summed E-state index contributed by atoms with van der Waals surface area (Å²) >= 11 is 1.67. The lowest BCUT2D eigenvalue weighted by atomic mass is 10.1. The predicted molar refractivity (Wildman–Crippen MR) is 73.6 cm³/mol. The Kier molecular flexibility index (Phi) is 6.73. The molecule has 18 heavy (non-hydrogen) atoms. The number of thiazole rings is 1. The van der Waals surface area contributed by atoms with Crippen molar-refractivity contribution in [1.29, 1.82) is 0 Å². The molecule has 0 aliphatic carbocycles. The van der Waals surface area contributed by atoms with E-state index in [-0.39, 0.29) is 12.3 Å². The highest BCUT2D eigenvalue weighted by molar-refractivity contribution is 7.09. The van der Waals surface area contributed by atoms with Gasteiger partial charge < -0.3 is 15.2 Å². The van der Waals surface area contributed by atoms with Crippen molar-refractivity contribution in [3.8, 4) is 0 Å². The smallest absolute Gasteiger partial charge is 0.158 e. The number of methoxy groups -OCH3 is 2. The standard InChI is InChI=1S/C12H23N3O2S/c1-9-14-10(8-18-9)7-15(2)11(6-13)5-12(16-3)17-4/h8,11-12H,5-7,13H2,1-4H3. The van der Waals surface area contributed by atoms with Crippen LogP contribution in [0.4, 0.5) is 0 Å². The Morgan fingerprint density at radius 1 is 1.44 bits per heavy atom. The van der Waals surface area contributed by atoms with Gasteiger partial charge in [-0.2, -0.15) is 0 Å². The molecular formula is C12H23N3O2S. The van der Waals surface area contributed by atoms with Crippen LogP contribution in [0, 0.1) is 6.92 Å². The van der Waals surface area contributed by atoms with Crippen LogP contribution in [0.5, 0.6) is 0 Å². The lowest BCUT2D eigenvalue weighted by Gasteiger charge is -2.28. The topological polar surface area (TPSA) is 60.6 Å². The fraction of sp³-hybridized carbons (Fsp3) is 0.750. The molecule has 0 aliphatic rings. The van der Waals surface area contributed by atoms with E-state index in [0.29, 0.717) is 6.54 Å². The van der Waals surface area contributed by atoms with Gasteiger partial charge in [-0.25, -0.2) is 4.98 Å². The first-order valence-corrected chi connectivity index (χ1v) is 6.85. The van der Waals surface area contributed by atoms with Crippen molar-refractivity contribution in [2.24, 2.45) is 5.73 Å². The summed E-state index contributed by atoms with van der Waals surface area (Å²) in [6, 6.07) is 0.219. The van der Waals surface area contributed by atoms with E-state index < -0.39 is 0 Å². The first kappa shape index (κ1) is 15.5. The molecule has 1 atom stereocenters. The van der Waals surface area contributed by atoms with Gasteiger partial charge in [0.1, 0.15) is 0 Å². The van der Waals surface area contributed by atoms with Crippen molar-refractivity contribution in [3.05, 3.63) is 16.1 Å². The molecule has 0 amide bonds. The number of nitrogens with zero attached hydrogens (tertiary/aromatic N) is 2. The highest BCUT2D eigenvalue weighted by Gasteiger charge is 2.19. The van der Waals surface area contributed by atoms with Crippen LogP contribution in [-0.2, 0) is 16.0 Å². The van der Waals surface area contributed by atoms with Gasteiger partial charge in [0.25, 0.3) is 0 Å². The Morgan fingerprint density at radius 2 is 2.11 bits per heavy atom. The van der Waals surface area contributed by atoms with Crippen LogP contribution < -0.4 is 5.73 Å². The Hall–Kier alpha value is -0.530. The predicted octanol–water partition coefficient (Wildman–Crippen LogP) is 1.22. The molecule has 5 nitrogen and oxygen atoms in total. The lowest BCUT2D eigenvalue weighted by molar-refractivity contribution is -0.116. The molecule has 1 aromatic rings. The number of aryl methyl sites for hydroxylation is 1. The van der Waals surface area contributed by atoms with E-state index in [1.165, 1.54) is 0 Å². The van der Waals surface area contributed by atoms with Gasteiger partial charge >= 0.3 is 0 Å². The summed E-state index contributed by atoms with van der Waals surface area (Å²) in [6.07, 6.45) is 0.543. The maximum Gasteiger partial charge on any atom is 0.158 e. The van der Waals surface area contributed by atoms with Gasteiger partial charge in [0, 0.05) is 45.2 Å². The number of aromatic nitrogens is 1. The number of rotatable bonds is 8. The van der Waals surface area contributed by atoms with Gasteiger partial charge in [-0.05, 0) is 14.0 Å². The van der Waals surface area contributed by atoms with E-state index >= 15 is 0 Å². The third-order valence-electron chi connectivity index (χ3n) is 2.96. The van der Waals surface area contributed by atoms with Gasteiger partial charge in [0.15, 0.2) is 6.29 Å². The third kappa shape index (κ3) is 4.62. The van der Waals surface area contributed by atoms with Gasteiger partial charge in [0.2, 0.25) is 0 Å². The van der Waals surface area contributed by atoms with Crippen LogP contribution >= 0.6 is 11.3 Å². The molecule has 0 aromatic carbocycles. The lowest BCUT2D eigenvalue weighted by Crippen LogP contribution is -2.40. The van der Waals surface area contributed by atoms with Crippen molar-refractivity contribution in [2.45, 2.75) is 32.2 Å². The van der Waals surface area contributed by atoms with Crippen LogP contribution in [0.1, 0.15) is 17.1 Å². The fourth-order valence-corrected chi connectivity index (χ4v) is 2.44. The second-order valence-corrected chi connectivity index (χ2v) is 5.36. The fourth-order valence-electron chi connectivity index (χ4n) is 1.83. The minimum absolute atomic E-state index is 0.210. The summed E-state index contributed by atoms with van der Waals surface area (Å²) in [5.41, 5.74) is 6.91. The van der Waals surface area contributed by atoms with Crippen molar-refractivity contribution < 1.29 is 9.47 Å². The maximum absolute atomic E-state index is 5.82. The molecule has 0 radical (unpaired) electrons. The second kappa shape index (κ2) is 7.81. The van der Waals surface area contributed by atoms with Gasteiger partial charge in [0.05, 0.1) is 10.7 Å². The summed E-state index contributed by atoms with van der Waals surface area (Å²) in [7, 11) is 5.34. The Morgan fingerprint density at radius 3 is 2.56 bits per heavy atom. The first-order chi connectivity index (χ1) is 8.60. The average Bonchev–Trinajstić information content (AvgIpc) is 2.76. The molecule has 1 rings (SSSR count). The van der Waals surface area contributed by atoms with E-state index in [1.807, 2.05) is 6.92 Å². The Balaban J connectivity index is 2.53. The number of hydrogen-bond donors (Lipinski definition) is 1. The van der Waals surface area contributed by atoms with Crippen molar-refractivity contribution >= 4 is 11.3 Å². The zero-order valence-corrected chi connectivity index (χ0v) is 12.4. The minimum Gasteiger partial charge on any atom is -0.356 e. The zero-order chi connectivity index (χ0) is 13.5. The highest BCUT2D eigenvalue weighted by atomic mass is 32.1. The van der Waals surface area contributed by atoms with E-state index in [1.54, 1.807) is 25.6 Å². The second-order valence-electron chi connectivity index (χ2n) is 4.30. The summed E-state index contributed by atoms with van der Waals surface area (Å²) in [6.45, 7) is 3.38. The Bertz CT molecular complexity index is 342. The molecular weight excluding hydrogens is 250 g/mol. The van der Waals surface area contributed by atoms with E-state index in [4.69, 9.17) is 15.2 Å². The molecule has 2 N–H and O–H groups in total. The molecule has 0 saturated heterocycles. The molecule has 0 fully saturated rings. The normalized spacial score (nSPS) is 13.5. The molecule has 0 bridgehead atoms. The number of hydrogen-bond acceptors (Lipinski definition) is 6. The van der Waals surface area contributed by atoms with Gasteiger partial charge in [-0.3, -0.25) is 4.90 Å². The number of likely N-dealkylation sites (N-methyl/N-ethyl adjacent to an activating group) is 1. The van der Waals surface area contributed by atoms with Crippen LogP contribution in [0.15, 0.2) is 5.38 Å². The van der Waals surface area contributed by atoms with Crippen molar-refractivity contribution in [2.75, 3.05) is 27.8 Å². The maximum atomic E-state index is 5.82. The van der Waals surface area contributed by atoms with Crippen molar-refractivity contribution in [3.63, 3.8) is 0 Å². The van der Waals surface area contributed by atoms with Crippen LogP contribution in [-0.4, -0.2) is 50.0 Å². The van der Waals surface area contributed by atoms with Crippen LogP contribution in [0.3, 0.4) is 0 Å². The molecule has 0 aliphatic heterocycles. The summed E-state index contributed by atoms with van der Waals surface area (Å²) in [5, 5.41) is 3.18. The average molecular weight is 273 g/mol. The first-order valence-electron chi connectivity index (χ1n) is 5.97. The summed E-state index contributed by atoms with van der Waals surface area (Å²) in [5.74, 6) is 0. The molecule has 0 saturated carbocycles. The SMILES string of the molecule is COC(CC(CN)N(C)Cc1csc(C)n1)OC. The zero-order valence-electron chi connectivity index (χ0n) is 11.5. The van der Waals surface area contributed by atoms with Crippen LogP contribution in [0.25, 0.3) is 0 Å². The van der Waals surface area contributed by atoms with Crippen molar-refractivity contribution in [1.82, 2.24) is 9.88 Å². The third-order valence-corrected chi connectivity index (χ3v) is 3.79. The van der Waals surface area contributed by atoms with Gasteiger partial charge in [-0.15, -0.1) is 11.3 Å². The van der Waals surface area contributed by atoms with E-state index in [9.17, 15) is 0 Å². The van der Waals surface area contributed by atoms with Gasteiger partial charge in [-0.1, -0.05) is 0 Å². The minimum atomic E-state index is -0.210. The Labute approximate surface area is 113 Å². The highest BCUT2D eigenvalue weighted by Crippen LogP contribution is 2.14. The molecule has 6 heteroatoms. The summed E-state index contributed by atoms with van der Waals surface area (Å²) in [4.78, 5) is 6.65. The molecule has 0 spiro atoms. The molecule has 1 unspecified atom stereocenters. The number of ether oxygens (including phenoxy) is 2. The quantitative estimate of drug-likeness (QED) is 0.722. The number of nitrogens with two attached hydrogens (primary N) is 1. The molecule has 1 heterocycles.